The van der Waals surface area contributed by atoms with E-state index in [1.54, 1.807) is 0 Å². The maximum atomic E-state index is 8.79. The fourth-order valence-corrected chi connectivity index (χ4v) is 2.04. The molecule has 1 rings (SSSR count). The van der Waals surface area contributed by atoms with E-state index in [1.165, 1.54) is 6.42 Å². The highest BCUT2D eigenvalue weighted by Gasteiger charge is 2.28. The first-order chi connectivity index (χ1) is 5.25. The van der Waals surface area contributed by atoms with Crippen molar-refractivity contribution in [1.29, 1.82) is 0 Å². The van der Waals surface area contributed by atoms with E-state index in [0.717, 1.165) is 24.8 Å². The van der Waals surface area contributed by atoms with Crippen LogP contribution in [-0.4, -0.2) is 24.3 Å². The first-order valence-electron chi connectivity index (χ1n) is 4.60. The quantitative estimate of drug-likeness (QED) is 0.640. The minimum absolute atomic E-state index is 0.320. The third-order valence-corrected chi connectivity index (χ3v) is 2.70. The number of aliphatic hydroxyl groups excluding tert-OH is 1. The fourth-order valence-electron chi connectivity index (χ4n) is 2.04. The van der Waals surface area contributed by atoms with Crippen LogP contribution in [0.15, 0.2) is 0 Å². The molecule has 2 N–H and O–H groups in total. The Morgan fingerprint density at radius 1 is 1.55 bits per heavy atom. The van der Waals surface area contributed by atoms with Crippen molar-refractivity contribution in [1.82, 2.24) is 5.32 Å². The van der Waals surface area contributed by atoms with Gasteiger partial charge in [0.1, 0.15) is 0 Å². The van der Waals surface area contributed by atoms with Gasteiger partial charge in [0.05, 0.1) is 0 Å². The van der Waals surface area contributed by atoms with E-state index in [4.69, 9.17) is 5.11 Å². The highest BCUT2D eigenvalue weighted by atomic mass is 16.3. The molecule has 1 aliphatic heterocycles. The van der Waals surface area contributed by atoms with Crippen molar-refractivity contribution in [3.8, 4) is 0 Å². The predicted octanol–water partition coefficient (Wildman–Crippen LogP) is 1.00. The van der Waals surface area contributed by atoms with E-state index in [1.807, 2.05) is 0 Å². The zero-order chi connectivity index (χ0) is 8.27. The summed E-state index contributed by atoms with van der Waals surface area (Å²) in [5, 5.41) is 12.2. The van der Waals surface area contributed by atoms with Crippen molar-refractivity contribution < 1.29 is 5.11 Å². The molecule has 2 unspecified atom stereocenters. The second-order valence-corrected chi connectivity index (χ2v) is 3.77. The summed E-state index contributed by atoms with van der Waals surface area (Å²) in [7, 11) is 0. The summed E-state index contributed by atoms with van der Waals surface area (Å²) in [4.78, 5) is 0. The maximum Gasteiger partial charge on any atom is 0.0445 e. The lowest BCUT2D eigenvalue weighted by Gasteiger charge is -2.21. The lowest BCUT2D eigenvalue weighted by molar-refractivity contribution is 0.238. The monoisotopic (exact) mass is 157 g/mol. The van der Waals surface area contributed by atoms with Crippen molar-refractivity contribution in [3.63, 3.8) is 0 Å². The van der Waals surface area contributed by atoms with Crippen LogP contribution in [0.2, 0.25) is 0 Å². The molecule has 0 aliphatic carbocycles. The summed E-state index contributed by atoms with van der Waals surface area (Å²) in [5.41, 5.74) is 0. The Labute approximate surface area is 69.0 Å². The molecular formula is C9H19NO. The van der Waals surface area contributed by atoms with Gasteiger partial charge in [0.15, 0.2) is 0 Å². The van der Waals surface area contributed by atoms with Crippen LogP contribution in [0.1, 0.15) is 26.7 Å². The summed E-state index contributed by atoms with van der Waals surface area (Å²) in [6, 6.07) is 0.569. The van der Waals surface area contributed by atoms with Crippen LogP contribution in [0.3, 0.4) is 0 Å². The minimum atomic E-state index is 0.320. The molecule has 0 spiro atoms. The molecular weight excluding hydrogens is 138 g/mol. The van der Waals surface area contributed by atoms with Gasteiger partial charge in [-0.05, 0) is 31.2 Å². The van der Waals surface area contributed by atoms with Crippen LogP contribution in [0.4, 0.5) is 0 Å². The van der Waals surface area contributed by atoms with Crippen molar-refractivity contribution in [3.05, 3.63) is 0 Å². The van der Waals surface area contributed by atoms with E-state index < -0.39 is 0 Å². The molecule has 0 amide bonds. The molecule has 0 aromatic heterocycles. The summed E-state index contributed by atoms with van der Waals surface area (Å²) in [6.07, 6.45) is 2.20. The zero-order valence-electron chi connectivity index (χ0n) is 7.51. The van der Waals surface area contributed by atoms with Crippen molar-refractivity contribution in [2.45, 2.75) is 32.7 Å². The topological polar surface area (TPSA) is 32.3 Å². The van der Waals surface area contributed by atoms with E-state index in [2.05, 4.69) is 19.2 Å². The molecule has 2 atom stereocenters. The molecule has 0 saturated carbocycles. The van der Waals surface area contributed by atoms with Gasteiger partial charge in [-0.15, -0.1) is 0 Å². The summed E-state index contributed by atoms with van der Waals surface area (Å²) in [5.74, 6) is 1.53. The first kappa shape index (κ1) is 9.01. The second-order valence-electron chi connectivity index (χ2n) is 3.77. The van der Waals surface area contributed by atoms with Gasteiger partial charge in [0, 0.05) is 12.6 Å². The number of hydrogen-bond donors (Lipinski definition) is 2. The van der Waals surface area contributed by atoms with Crippen LogP contribution in [0.25, 0.3) is 0 Å². The second kappa shape index (κ2) is 4.07. The maximum absolute atomic E-state index is 8.79. The zero-order valence-corrected chi connectivity index (χ0v) is 7.51. The van der Waals surface area contributed by atoms with Gasteiger partial charge in [0.25, 0.3) is 0 Å². The van der Waals surface area contributed by atoms with E-state index in [0.29, 0.717) is 12.6 Å². The Hall–Kier alpha value is -0.0800. The van der Waals surface area contributed by atoms with E-state index >= 15 is 0 Å². The Morgan fingerprint density at radius 2 is 2.27 bits per heavy atom. The summed E-state index contributed by atoms with van der Waals surface area (Å²) in [6.45, 7) is 5.98. The van der Waals surface area contributed by atoms with E-state index in [9.17, 15) is 0 Å². The largest absolute Gasteiger partial charge is 0.396 e. The van der Waals surface area contributed by atoms with Crippen LogP contribution < -0.4 is 5.32 Å². The number of hydrogen-bond acceptors (Lipinski definition) is 2. The lowest BCUT2D eigenvalue weighted by atomic mass is 9.88. The Balaban J connectivity index is 2.37. The van der Waals surface area contributed by atoms with Gasteiger partial charge in [0.2, 0.25) is 0 Å². The van der Waals surface area contributed by atoms with Gasteiger partial charge in [-0.2, -0.15) is 0 Å². The number of rotatable bonds is 3. The van der Waals surface area contributed by atoms with Gasteiger partial charge < -0.3 is 10.4 Å². The van der Waals surface area contributed by atoms with Gasteiger partial charge in [-0.3, -0.25) is 0 Å². The summed E-state index contributed by atoms with van der Waals surface area (Å²) >= 11 is 0. The van der Waals surface area contributed by atoms with Crippen LogP contribution >= 0.6 is 0 Å². The van der Waals surface area contributed by atoms with Crippen molar-refractivity contribution in [2.75, 3.05) is 13.2 Å². The molecule has 0 bridgehead atoms. The normalized spacial score (nSPS) is 31.6. The van der Waals surface area contributed by atoms with E-state index in [-0.39, 0.29) is 0 Å². The highest BCUT2D eigenvalue weighted by Crippen LogP contribution is 2.25. The molecule has 1 aliphatic rings. The molecule has 0 aromatic rings. The van der Waals surface area contributed by atoms with Gasteiger partial charge in [-0.25, -0.2) is 0 Å². The molecule has 1 saturated heterocycles. The molecule has 0 radical (unpaired) electrons. The van der Waals surface area contributed by atoms with Crippen molar-refractivity contribution in [2.24, 2.45) is 11.8 Å². The van der Waals surface area contributed by atoms with Gasteiger partial charge >= 0.3 is 0 Å². The molecule has 2 nitrogen and oxygen atoms in total. The smallest absolute Gasteiger partial charge is 0.0445 e. The third-order valence-electron chi connectivity index (χ3n) is 2.70. The SMILES string of the molecule is CC(C)C1CCNC1CCO. The first-order valence-corrected chi connectivity index (χ1v) is 4.60. The molecule has 66 valence electrons. The third kappa shape index (κ3) is 2.17. The highest BCUT2D eigenvalue weighted by molar-refractivity contribution is 4.84. The molecule has 11 heavy (non-hydrogen) atoms. The number of aliphatic hydroxyl groups is 1. The summed E-state index contributed by atoms with van der Waals surface area (Å²) < 4.78 is 0. The Morgan fingerprint density at radius 3 is 2.82 bits per heavy atom. The lowest BCUT2D eigenvalue weighted by Crippen LogP contribution is -2.30. The molecule has 2 heteroatoms. The van der Waals surface area contributed by atoms with Crippen LogP contribution in [-0.2, 0) is 0 Å². The average molecular weight is 157 g/mol. The van der Waals surface area contributed by atoms with Crippen LogP contribution in [0.5, 0.6) is 0 Å². The Kier molecular flexibility index (Phi) is 3.34. The molecule has 1 fully saturated rings. The standard InChI is InChI=1S/C9H19NO/c1-7(2)8-3-5-10-9(8)4-6-11/h7-11H,3-6H2,1-2H3. The van der Waals surface area contributed by atoms with Crippen molar-refractivity contribution >= 4 is 0 Å². The van der Waals surface area contributed by atoms with Crippen LogP contribution in [0, 0.1) is 11.8 Å². The predicted molar refractivity (Wildman–Crippen MR) is 46.4 cm³/mol. The minimum Gasteiger partial charge on any atom is -0.396 e. The molecule has 0 aromatic carbocycles. The fraction of sp³-hybridized carbons (Fsp3) is 1.00. The molecule has 1 heterocycles. The Bertz CT molecular complexity index is 114. The average Bonchev–Trinajstić information content (AvgIpc) is 2.36. The van der Waals surface area contributed by atoms with Gasteiger partial charge in [-0.1, -0.05) is 13.8 Å². The number of nitrogens with one attached hydrogen (secondary N) is 1.